The zero-order valence-corrected chi connectivity index (χ0v) is 13.2. The van der Waals surface area contributed by atoms with Gasteiger partial charge in [-0.15, -0.1) is 11.3 Å². The molecule has 5 heteroatoms. The van der Waals surface area contributed by atoms with Gasteiger partial charge in [0.05, 0.1) is 10.8 Å². The van der Waals surface area contributed by atoms with Crippen LogP contribution in [0, 0.1) is 5.92 Å². The molecule has 2 amide bonds. The molecule has 1 fully saturated rings. The Hall–Kier alpha value is -1.36. The van der Waals surface area contributed by atoms with Crippen LogP contribution in [0.4, 0.5) is 0 Å². The molecule has 1 aliphatic heterocycles. The van der Waals surface area contributed by atoms with E-state index < -0.39 is 0 Å². The molecule has 1 aromatic heterocycles. The van der Waals surface area contributed by atoms with Crippen LogP contribution < -0.4 is 5.73 Å². The minimum atomic E-state index is -0.287. The van der Waals surface area contributed by atoms with Gasteiger partial charge in [0.2, 0.25) is 5.91 Å². The third-order valence-electron chi connectivity index (χ3n) is 4.75. The molecule has 4 nitrogen and oxygen atoms in total. The molecule has 0 spiro atoms. The molecule has 0 aromatic carbocycles. The van der Waals surface area contributed by atoms with E-state index in [4.69, 9.17) is 5.73 Å². The number of aryl methyl sites for hydroxylation is 2. The van der Waals surface area contributed by atoms with Gasteiger partial charge in [0.1, 0.15) is 0 Å². The number of amides is 2. The van der Waals surface area contributed by atoms with E-state index in [2.05, 4.69) is 13.0 Å². The lowest BCUT2D eigenvalue weighted by Crippen LogP contribution is -2.48. The van der Waals surface area contributed by atoms with Gasteiger partial charge in [-0.25, -0.2) is 0 Å². The van der Waals surface area contributed by atoms with Crippen molar-refractivity contribution in [2.75, 3.05) is 6.54 Å². The maximum absolute atomic E-state index is 12.8. The Morgan fingerprint density at radius 2 is 2.05 bits per heavy atom. The van der Waals surface area contributed by atoms with Crippen molar-refractivity contribution in [3.8, 4) is 0 Å². The van der Waals surface area contributed by atoms with Gasteiger partial charge in [-0.3, -0.25) is 9.59 Å². The van der Waals surface area contributed by atoms with Crippen molar-refractivity contribution >= 4 is 23.2 Å². The first-order chi connectivity index (χ1) is 10.1. The van der Waals surface area contributed by atoms with Gasteiger partial charge in [0.15, 0.2) is 0 Å². The summed E-state index contributed by atoms with van der Waals surface area (Å²) in [4.78, 5) is 28.2. The van der Waals surface area contributed by atoms with Crippen LogP contribution in [0.2, 0.25) is 0 Å². The van der Waals surface area contributed by atoms with E-state index in [1.54, 1.807) is 11.3 Å². The predicted octanol–water partition coefficient (Wildman–Crippen LogP) is 2.35. The summed E-state index contributed by atoms with van der Waals surface area (Å²) in [5.41, 5.74) is 6.77. The lowest BCUT2D eigenvalue weighted by Gasteiger charge is -2.36. The topological polar surface area (TPSA) is 63.4 Å². The highest BCUT2D eigenvalue weighted by Crippen LogP contribution is 2.32. The molecule has 2 aliphatic rings. The lowest BCUT2D eigenvalue weighted by atomic mass is 9.92. The molecule has 1 aliphatic carbocycles. The maximum Gasteiger partial charge on any atom is 0.264 e. The fourth-order valence-electron chi connectivity index (χ4n) is 3.36. The number of likely N-dealkylation sites (tertiary alicyclic amines) is 1. The Kier molecular flexibility index (Phi) is 4.02. The number of fused-ring (bicyclic) bond motifs is 1. The first-order valence-corrected chi connectivity index (χ1v) is 8.59. The van der Waals surface area contributed by atoms with Crippen molar-refractivity contribution in [3.05, 3.63) is 21.4 Å². The first-order valence-electron chi connectivity index (χ1n) is 7.78. The van der Waals surface area contributed by atoms with E-state index in [0.717, 1.165) is 30.6 Å². The summed E-state index contributed by atoms with van der Waals surface area (Å²) >= 11 is 1.64. The quantitative estimate of drug-likeness (QED) is 0.911. The van der Waals surface area contributed by atoms with Gasteiger partial charge in [0, 0.05) is 17.5 Å². The van der Waals surface area contributed by atoms with E-state index in [9.17, 15) is 9.59 Å². The minimum Gasteiger partial charge on any atom is -0.369 e. The van der Waals surface area contributed by atoms with E-state index >= 15 is 0 Å². The van der Waals surface area contributed by atoms with Crippen molar-refractivity contribution < 1.29 is 9.59 Å². The largest absolute Gasteiger partial charge is 0.369 e. The first kappa shape index (κ1) is 14.6. The summed E-state index contributed by atoms with van der Waals surface area (Å²) in [6.07, 6.45) is 6.29. The molecule has 0 saturated carbocycles. The number of primary amides is 1. The van der Waals surface area contributed by atoms with Gasteiger partial charge in [-0.1, -0.05) is 0 Å². The summed E-state index contributed by atoms with van der Waals surface area (Å²) in [6, 6.07) is 2.26. The zero-order valence-electron chi connectivity index (χ0n) is 12.4. The second-order valence-corrected chi connectivity index (χ2v) is 7.39. The number of hydrogen-bond donors (Lipinski definition) is 1. The Morgan fingerprint density at radius 1 is 1.29 bits per heavy atom. The van der Waals surface area contributed by atoms with Crippen LogP contribution in [-0.4, -0.2) is 29.3 Å². The molecule has 114 valence electrons. The molecule has 21 heavy (non-hydrogen) atoms. The van der Waals surface area contributed by atoms with Crippen LogP contribution in [0.25, 0.3) is 0 Å². The number of nitrogens with two attached hydrogens (primary N) is 1. The molecule has 2 N–H and O–H groups in total. The Labute approximate surface area is 129 Å². The lowest BCUT2D eigenvalue weighted by molar-refractivity contribution is -0.123. The summed E-state index contributed by atoms with van der Waals surface area (Å²) < 4.78 is 0. The van der Waals surface area contributed by atoms with Crippen molar-refractivity contribution in [1.82, 2.24) is 4.90 Å². The van der Waals surface area contributed by atoms with E-state index in [1.807, 2.05) is 4.90 Å². The van der Waals surface area contributed by atoms with E-state index in [1.165, 1.54) is 23.3 Å². The monoisotopic (exact) mass is 306 g/mol. The molecule has 1 aromatic rings. The minimum absolute atomic E-state index is 0.0767. The maximum atomic E-state index is 12.8. The highest BCUT2D eigenvalue weighted by molar-refractivity contribution is 7.14. The zero-order chi connectivity index (χ0) is 15.0. The average Bonchev–Trinajstić information content (AvgIpc) is 2.90. The molecule has 2 heterocycles. The normalized spacial score (nSPS) is 25.5. The second-order valence-electron chi connectivity index (χ2n) is 6.25. The fraction of sp³-hybridized carbons (Fsp3) is 0.625. The van der Waals surface area contributed by atoms with Crippen LogP contribution in [0.5, 0.6) is 0 Å². The molecule has 0 unspecified atom stereocenters. The number of hydrogen-bond acceptors (Lipinski definition) is 3. The van der Waals surface area contributed by atoms with Gasteiger partial charge in [-0.05, 0) is 57.1 Å². The standard InChI is InChI=1S/C16H22N2O2S/c1-10-6-7-12(15(17)19)9-18(10)16(20)14-8-11-4-2-3-5-13(11)21-14/h8,10,12H,2-7,9H2,1H3,(H2,17,19)/t10-,12+/m1/s1. The van der Waals surface area contributed by atoms with E-state index in [0.29, 0.717) is 6.54 Å². The highest BCUT2D eigenvalue weighted by atomic mass is 32.1. The van der Waals surface area contributed by atoms with Crippen LogP contribution in [0.1, 0.15) is 52.7 Å². The third kappa shape index (κ3) is 2.84. The van der Waals surface area contributed by atoms with Crippen LogP contribution in [0.15, 0.2) is 6.07 Å². The molecule has 1 saturated heterocycles. The highest BCUT2D eigenvalue weighted by Gasteiger charge is 2.33. The fourth-order valence-corrected chi connectivity index (χ4v) is 4.57. The number of piperidine rings is 1. The number of nitrogens with zero attached hydrogens (tertiary/aromatic N) is 1. The van der Waals surface area contributed by atoms with Gasteiger partial charge in [0.25, 0.3) is 5.91 Å². The predicted molar refractivity (Wildman–Crippen MR) is 83.4 cm³/mol. The van der Waals surface area contributed by atoms with Crippen LogP contribution >= 0.6 is 11.3 Å². The molecule has 0 bridgehead atoms. The van der Waals surface area contributed by atoms with Crippen molar-refractivity contribution in [2.45, 2.75) is 51.5 Å². The van der Waals surface area contributed by atoms with Crippen LogP contribution in [0.3, 0.4) is 0 Å². The SMILES string of the molecule is C[C@@H]1CC[C@H](C(N)=O)CN1C(=O)c1cc2c(s1)CCCC2. The number of carbonyl (C=O) groups excluding carboxylic acids is 2. The molecule has 0 radical (unpaired) electrons. The van der Waals surface area contributed by atoms with E-state index in [-0.39, 0.29) is 23.8 Å². The van der Waals surface area contributed by atoms with Crippen molar-refractivity contribution in [3.63, 3.8) is 0 Å². The number of thiophene rings is 1. The van der Waals surface area contributed by atoms with Crippen LogP contribution in [-0.2, 0) is 17.6 Å². The number of carbonyl (C=O) groups is 2. The summed E-state index contributed by atoms with van der Waals surface area (Å²) in [5, 5.41) is 0. The molecular weight excluding hydrogens is 284 g/mol. The molecular formula is C16H22N2O2S. The number of rotatable bonds is 2. The summed E-state index contributed by atoms with van der Waals surface area (Å²) in [7, 11) is 0. The Bertz CT molecular complexity index is 543. The van der Waals surface area contributed by atoms with Gasteiger partial charge >= 0.3 is 0 Å². The van der Waals surface area contributed by atoms with Gasteiger partial charge < -0.3 is 10.6 Å². The molecule has 2 atom stereocenters. The van der Waals surface area contributed by atoms with Crippen molar-refractivity contribution in [2.24, 2.45) is 11.7 Å². The second kappa shape index (κ2) is 5.79. The Morgan fingerprint density at radius 3 is 2.76 bits per heavy atom. The average molecular weight is 306 g/mol. The summed E-state index contributed by atoms with van der Waals surface area (Å²) in [5.74, 6) is -0.405. The van der Waals surface area contributed by atoms with Crippen molar-refractivity contribution in [1.29, 1.82) is 0 Å². The third-order valence-corrected chi connectivity index (χ3v) is 5.98. The van der Waals surface area contributed by atoms with Gasteiger partial charge in [-0.2, -0.15) is 0 Å². The Balaban J connectivity index is 1.79. The summed E-state index contributed by atoms with van der Waals surface area (Å²) in [6.45, 7) is 2.53. The smallest absolute Gasteiger partial charge is 0.264 e. The molecule has 3 rings (SSSR count).